The third kappa shape index (κ3) is 3.22. The molecule has 2 heterocycles. The SMILES string of the molecule is Cc1nc2ccc(-n3ncc(C(=O)C4=CC(c5ccc(F)cc5F)=CC4)c3N)cc2[nH]1. The van der Waals surface area contributed by atoms with Crippen molar-refractivity contribution in [2.24, 2.45) is 0 Å². The molecule has 2 aromatic carbocycles. The number of aromatic amines is 1. The zero-order chi connectivity index (χ0) is 21.7. The average Bonchev–Trinajstić information content (AvgIpc) is 3.44. The molecule has 4 aromatic rings. The van der Waals surface area contributed by atoms with E-state index in [-0.39, 0.29) is 22.7 Å². The van der Waals surface area contributed by atoms with Gasteiger partial charge in [0.15, 0.2) is 5.78 Å². The lowest BCUT2D eigenvalue weighted by molar-refractivity contribution is 0.103. The molecule has 0 aliphatic heterocycles. The number of aromatic nitrogens is 4. The molecule has 1 aliphatic rings. The summed E-state index contributed by atoms with van der Waals surface area (Å²) in [7, 11) is 0. The van der Waals surface area contributed by atoms with Crippen molar-refractivity contribution in [1.29, 1.82) is 0 Å². The average molecular weight is 417 g/mol. The number of H-pyrrole nitrogens is 1. The van der Waals surface area contributed by atoms with Crippen molar-refractivity contribution in [2.75, 3.05) is 5.73 Å². The van der Waals surface area contributed by atoms with Crippen LogP contribution in [0.5, 0.6) is 0 Å². The van der Waals surface area contributed by atoms with Gasteiger partial charge in [0.25, 0.3) is 0 Å². The van der Waals surface area contributed by atoms with E-state index >= 15 is 0 Å². The molecule has 154 valence electrons. The standard InChI is InChI=1S/C23H17F2N5O/c1-12-28-20-7-5-16(10-21(20)29-12)30-23(26)18(11-27-30)22(31)14-3-2-13(8-14)17-6-4-15(24)9-19(17)25/h2,4-11H,3,26H2,1H3,(H,28,29). The van der Waals surface area contributed by atoms with Gasteiger partial charge in [0, 0.05) is 17.2 Å². The minimum Gasteiger partial charge on any atom is -0.383 e. The van der Waals surface area contributed by atoms with Gasteiger partial charge in [-0.25, -0.2) is 18.4 Å². The van der Waals surface area contributed by atoms with Crippen LogP contribution >= 0.6 is 0 Å². The Morgan fingerprint density at radius 3 is 2.84 bits per heavy atom. The van der Waals surface area contributed by atoms with Crippen molar-refractivity contribution in [2.45, 2.75) is 13.3 Å². The zero-order valence-electron chi connectivity index (χ0n) is 16.5. The van der Waals surface area contributed by atoms with Crippen LogP contribution in [0, 0.1) is 18.6 Å². The van der Waals surface area contributed by atoms with Crippen molar-refractivity contribution in [3.8, 4) is 5.69 Å². The molecule has 1 aliphatic carbocycles. The maximum Gasteiger partial charge on any atom is 0.194 e. The van der Waals surface area contributed by atoms with Crippen molar-refractivity contribution in [3.63, 3.8) is 0 Å². The quantitative estimate of drug-likeness (QED) is 0.478. The molecule has 5 rings (SSSR count). The number of anilines is 1. The highest BCUT2D eigenvalue weighted by Crippen LogP contribution is 2.31. The van der Waals surface area contributed by atoms with Crippen LogP contribution in [0.3, 0.4) is 0 Å². The van der Waals surface area contributed by atoms with E-state index in [4.69, 9.17) is 5.73 Å². The number of allylic oxidation sites excluding steroid dienone is 4. The molecule has 0 saturated heterocycles. The van der Waals surface area contributed by atoms with Gasteiger partial charge in [-0.3, -0.25) is 4.79 Å². The maximum atomic E-state index is 14.1. The molecule has 8 heteroatoms. The summed E-state index contributed by atoms with van der Waals surface area (Å²) >= 11 is 0. The second-order valence-corrected chi connectivity index (χ2v) is 7.37. The summed E-state index contributed by atoms with van der Waals surface area (Å²) < 4.78 is 28.8. The number of rotatable bonds is 4. The van der Waals surface area contributed by atoms with E-state index in [1.54, 1.807) is 12.2 Å². The Balaban J connectivity index is 1.45. The molecule has 3 N–H and O–H groups in total. The van der Waals surface area contributed by atoms with Crippen LogP contribution in [0.4, 0.5) is 14.6 Å². The summed E-state index contributed by atoms with van der Waals surface area (Å²) in [4.78, 5) is 20.6. The normalized spacial score (nSPS) is 13.5. The smallest absolute Gasteiger partial charge is 0.194 e. The van der Waals surface area contributed by atoms with Crippen LogP contribution in [-0.2, 0) is 0 Å². The molecule has 0 unspecified atom stereocenters. The largest absolute Gasteiger partial charge is 0.383 e. The second-order valence-electron chi connectivity index (χ2n) is 7.37. The molecule has 0 spiro atoms. The summed E-state index contributed by atoms with van der Waals surface area (Å²) in [6.07, 6.45) is 5.10. The minimum absolute atomic E-state index is 0.211. The number of imidazole rings is 1. The summed E-state index contributed by atoms with van der Waals surface area (Å²) in [6, 6.07) is 8.91. The Morgan fingerprint density at radius 1 is 1.19 bits per heavy atom. The number of benzene rings is 2. The van der Waals surface area contributed by atoms with Crippen LogP contribution in [0.1, 0.15) is 28.2 Å². The van der Waals surface area contributed by atoms with E-state index in [9.17, 15) is 13.6 Å². The molecule has 0 bridgehead atoms. The Bertz CT molecular complexity index is 1430. The third-order valence-corrected chi connectivity index (χ3v) is 5.28. The van der Waals surface area contributed by atoms with E-state index in [1.807, 2.05) is 25.1 Å². The summed E-state index contributed by atoms with van der Waals surface area (Å²) in [5.41, 5.74) is 10.1. The Kier molecular flexibility index (Phi) is 4.28. The molecule has 0 atom stereocenters. The predicted molar refractivity (Wildman–Crippen MR) is 114 cm³/mol. The van der Waals surface area contributed by atoms with Crippen LogP contribution in [0.25, 0.3) is 22.3 Å². The number of Topliss-reactive ketones (excluding diaryl/α,β-unsaturated/α-hetero) is 1. The van der Waals surface area contributed by atoms with Crippen LogP contribution in [0.2, 0.25) is 0 Å². The lowest BCUT2D eigenvalue weighted by atomic mass is 10.0. The van der Waals surface area contributed by atoms with E-state index in [0.29, 0.717) is 23.3 Å². The Labute approximate surface area is 175 Å². The number of carbonyl (C=O) groups excluding carboxylic acids is 1. The minimum atomic E-state index is -0.673. The number of halogens is 2. The van der Waals surface area contributed by atoms with E-state index in [1.165, 1.54) is 23.0 Å². The monoisotopic (exact) mass is 417 g/mol. The fourth-order valence-corrected chi connectivity index (χ4v) is 3.76. The van der Waals surface area contributed by atoms with Crippen molar-refractivity contribution in [3.05, 3.63) is 88.9 Å². The molecular formula is C23H17F2N5O. The highest BCUT2D eigenvalue weighted by atomic mass is 19.1. The van der Waals surface area contributed by atoms with Crippen LogP contribution in [0.15, 0.2) is 60.3 Å². The van der Waals surface area contributed by atoms with Crippen molar-refractivity contribution >= 4 is 28.2 Å². The van der Waals surface area contributed by atoms with Gasteiger partial charge < -0.3 is 10.7 Å². The molecule has 0 saturated carbocycles. The lowest BCUT2D eigenvalue weighted by Gasteiger charge is -2.05. The second kappa shape index (κ2) is 7.02. The van der Waals surface area contributed by atoms with Gasteiger partial charge in [0.1, 0.15) is 23.3 Å². The molecule has 0 fully saturated rings. The van der Waals surface area contributed by atoms with E-state index in [0.717, 1.165) is 22.9 Å². The van der Waals surface area contributed by atoms with Gasteiger partial charge in [-0.05, 0) is 55.3 Å². The molecule has 31 heavy (non-hydrogen) atoms. The van der Waals surface area contributed by atoms with Crippen molar-refractivity contribution in [1.82, 2.24) is 19.7 Å². The van der Waals surface area contributed by atoms with Crippen molar-refractivity contribution < 1.29 is 13.6 Å². The molecule has 0 amide bonds. The number of carbonyl (C=O) groups is 1. The first-order chi connectivity index (χ1) is 14.9. The van der Waals surface area contributed by atoms with Gasteiger partial charge in [-0.1, -0.05) is 6.08 Å². The Morgan fingerprint density at radius 2 is 2.03 bits per heavy atom. The third-order valence-electron chi connectivity index (χ3n) is 5.28. The molecule has 6 nitrogen and oxygen atoms in total. The first-order valence-electron chi connectivity index (χ1n) is 9.62. The first-order valence-corrected chi connectivity index (χ1v) is 9.62. The van der Waals surface area contributed by atoms with E-state index < -0.39 is 11.6 Å². The highest BCUT2D eigenvalue weighted by Gasteiger charge is 2.23. The number of nitrogens with one attached hydrogen (secondary N) is 1. The van der Waals surface area contributed by atoms with Gasteiger partial charge in [0.05, 0.1) is 28.5 Å². The van der Waals surface area contributed by atoms with Gasteiger partial charge in [-0.15, -0.1) is 0 Å². The summed E-state index contributed by atoms with van der Waals surface area (Å²) in [6.45, 7) is 1.87. The predicted octanol–water partition coefficient (Wildman–Crippen LogP) is 4.51. The number of fused-ring (bicyclic) bond motifs is 1. The van der Waals surface area contributed by atoms with E-state index in [2.05, 4.69) is 15.1 Å². The number of nitrogen functional groups attached to an aromatic ring is 1. The first kappa shape index (κ1) is 18.9. The number of nitrogens with two attached hydrogens (primary N) is 1. The zero-order valence-corrected chi connectivity index (χ0v) is 16.5. The molecular weight excluding hydrogens is 400 g/mol. The fraction of sp³-hybridized carbons (Fsp3) is 0.0870. The number of nitrogens with zero attached hydrogens (tertiary/aromatic N) is 3. The number of aryl methyl sites for hydroxylation is 1. The Hall–Kier alpha value is -4.07. The number of hydrogen-bond acceptors (Lipinski definition) is 4. The maximum absolute atomic E-state index is 14.1. The topological polar surface area (TPSA) is 89.6 Å². The van der Waals surface area contributed by atoms with Crippen LogP contribution < -0.4 is 5.73 Å². The summed E-state index contributed by atoms with van der Waals surface area (Å²) in [5, 5.41) is 4.28. The van der Waals surface area contributed by atoms with Gasteiger partial charge in [0.2, 0.25) is 0 Å². The fourth-order valence-electron chi connectivity index (χ4n) is 3.76. The summed E-state index contributed by atoms with van der Waals surface area (Å²) in [5.74, 6) is -0.596. The van der Waals surface area contributed by atoms with Crippen LogP contribution in [-0.4, -0.2) is 25.5 Å². The lowest BCUT2D eigenvalue weighted by Crippen LogP contribution is -2.07. The number of ketones is 1. The van der Waals surface area contributed by atoms with Gasteiger partial charge in [-0.2, -0.15) is 5.10 Å². The molecule has 2 aromatic heterocycles. The number of hydrogen-bond donors (Lipinski definition) is 2. The molecule has 0 radical (unpaired) electrons. The van der Waals surface area contributed by atoms with Gasteiger partial charge >= 0.3 is 0 Å². The highest BCUT2D eigenvalue weighted by molar-refractivity contribution is 6.13.